The summed E-state index contributed by atoms with van der Waals surface area (Å²) in [6.45, 7) is 3.69. The molecule has 7 atom stereocenters. The Balaban J connectivity index is 2.23. The van der Waals surface area contributed by atoms with Gasteiger partial charge in [-0.05, 0) is 57.8 Å². The predicted molar refractivity (Wildman–Crippen MR) is 267 cm³/mol. The zero-order chi connectivity index (χ0) is 46.6. The molecule has 0 aromatic carbocycles. The molecule has 6 N–H and O–H groups in total. The van der Waals surface area contributed by atoms with Gasteiger partial charge in [0.1, 0.15) is 24.4 Å². The smallest absolute Gasteiger partial charge is 0.220 e. The van der Waals surface area contributed by atoms with Gasteiger partial charge in [-0.2, -0.15) is 0 Å². The molecule has 374 valence electrons. The summed E-state index contributed by atoms with van der Waals surface area (Å²) < 4.78 is 11.2. The Kier molecular flexibility index (Phi) is 42.3. The van der Waals surface area contributed by atoms with E-state index in [0.717, 1.165) is 70.6 Å². The van der Waals surface area contributed by atoms with Crippen molar-refractivity contribution in [1.29, 1.82) is 0 Å². The number of aliphatic hydroxyl groups excluding tert-OH is 5. The zero-order valence-electron chi connectivity index (χ0n) is 41.3. The number of hydrogen-bond acceptors (Lipinski definition) is 8. The van der Waals surface area contributed by atoms with Gasteiger partial charge in [0.2, 0.25) is 5.91 Å². The van der Waals surface area contributed by atoms with E-state index in [1.165, 1.54) is 148 Å². The van der Waals surface area contributed by atoms with Gasteiger partial charge < -0.3 is 40.3 Å². The van der Waals surface area contributed by atoms with E-state index < -0.39 is 49.5 Å². The van der Waals surface area contributed by atoms with Gasteiger partial charge in [0.25, 0.3) is 0 Å². The topological polar surface area (TPSA) is 149 Å². The minimum Gasteiger partial charge on any atom is -0.394 e. The third kappa shape index (κ3) is 34.5. The average molecular weight is 904 g/mol. The predicted octanol–water partition coefficient (Wildman–Crippen LogP) is 12.6. The van der Waals surface area contributed by atoms with Crippen LogP contribution in [0.2, 0.25) is 0 Å². The quantitative estimate of drug-likeness (QED) is 0.0261. The van der Waals surface area contributed by atoms with E-state index in [2.05, 4.69) is 55.6 Å². The maximum Gasteiger partial charge on any atom is 0.220 e. The number of hydrogen-bond donors (Lipinski definition) is 6. The Labute approximate surface area is 393 Å². The van der Waals surface area contributed by atoms with Crippen LogP contribution in [-0.4, -0.2) is 87.5 Å². The molecule has 9 heteroatoms. The van der Waals surface area contributed by atoms with Crippen molar-refractivity contribution in [3.63, 3.8) is 0 Å². The highest BCUT2D eigenvalue weighted by molar-refractivity contribution is 5.76. The fraction of sp³-hybridized carbons (Fsp3) is 0.836. The van der Waals surface area contributed by atoms with Crippen LogP contribution in [0.15, 0.2) is 48.6 Å². The first-order chi connectivity index (χ1) is 31.3. The molecule has 1 aliphatic heterocycles. The number of rotatable bonds is 45. The summed E-state index contributed by atoms with van der Waals surface area (Å²) in [6.07, 6.45) is 51.9. The summed E-state index contributed by atoms with van der Waals surface area (Å²) in [5.74, 6) is -0.202. The molecule has 1 fully saturated rings. The lowest BCUT2D eigenvalue weighted by atomic mass is 9.99. The highest BCUT2D eigenvalue weighted by Gasteiger charge is 2.44. The summed E-state index contributed by atoms with van der Waals surface area (Å²) in [7, 11) is 0. The Bertz CT molecular complexity index is 1140. The van der Waals surface area contributed by atoms with Crippen molar-refractivity contribution in [3.05, 3.63) is 48.6 Å². The van der Waals surface area contributed by atoms with Crippen LogP contribution in [0, 0.1) is 0 Å². The number of ether oxygens (including phenoxy) is 2. The van der Waals surface area contributed by atoms with Gasteiger partial charge in [0.15, 0.2) is 6.29 Å². The molecule has 7 unspecified atom stereocenters. The monoisotopic (exact) mass is 904 g/mol. The third-order valence-corrected chi connectivity index (χ3v) is 12.6. The van der Waals surface area contributed by atoms with Crippen LogP contribution in [0.5, 0.6) is 0 Å². The zero-order valence-corrected chi connectivity index (χ0v) is 41.3. The SMILES string of the molecule is CCC/C=C\C/C=C\CCCCCCCC(=O)NC(COC1OC(CO)C(O)C(O)C1O)C(O)/C=C/CC/C=C/CCCCCCCCCCCCCCCCCCCCCCCC. The molecule has 0 aromatic rings. The van der Waals surface area contributed by atoms with Crippen molar-refractivity contribution in [2.75, 3.05) is 13.2 Å². The molecule has 0 bridgehead atoms. The number of carbonyl (C=O) groups excluding carboxylic acids is 1. The Morgan fingerprint density at radius 2 is 0.969 bits per heavy atom. The molecule has 1 saturated heterocycles. The maximum absolute atomic E-state index is 13.0. The van der Waals surface area contributed by atoms with Crippen LogP contribution in [0.25, 0.3) is 0 Å². The first-order valence-corrected chi connectivity index (χ1v) is 26.9. The van der Waals surface area contributed by atoms with E-state index in [1.807, 2.05) is 6.08 Å². The summed E-state index contributed by atoms with van der Waals surface area (Å²) in [5, 5.41) is 54.3. The molecule has 0 aliphatic carbocycles. The van der Waals surface area contributed by atoms with Gasteiger partial charge >= 0.3 is 0 Å². The summed E-state index contributed by atoms with van der Waals surface area (Å²) in [4.78, 5) is 13.0. The molecule has 1 heterocycles. The fourth-order valence-electron chi connectivity index (χ4n) is 8.33. The lowest BCUT2D eigenvalue weighted by Gasteiger charge is -2.40. The van der Waals surface area contributed by atoms with Crippen molar-refractivity contribution < 1.29 is 39.8 Å². The molecule has 9 nitrogen and oxygen atoms in total. The molecule has 0 radical (unpaired) electrons. The van der Waals surface area contributed by atoms with Gasteiger partial charge in [-0.1, -0.05) is 223 Å². The Hall–Kier alpha value is -1.85. The molecule has 64 heavy (non-hydrogen) atoms. The van der Waals surface area contributed by atoms with Gasteiger partial charge in [0, 0.05) is 6.42 Å². The molecule has 1 aliphatic rings. The van der Waals surface area contributed by atoms with Gasteiger partial charge in [-0.15, -0.1) is 0 Å². The lowest BCUT2D eigenvalue weighted by molar-refractivity contribution is -0.302. The second-order valence-electron chi connectivity index (χ2n) is 18.7. The van der Waals surface area contributed by atoms with Crippen LogP contribution in [-0.2, 0) is 14.3 Å². The van der Waals surface area contributed by atoms with Crippen molar-refractivity contribution >= 4 is 5.91 Å². The molecular formula is C55H101NO8. The molecule has 0 aromatic heterocycles. The molecule has 0 spiro atoms. The minimum atomic E-state index is -1.58. The van der Waals surface area contributed by atoms with E-state index >= 15 is 0 Å². The van der Waals surface area contributed by atoms with Crippen LogP contribution in [0.1, 0.15) is 239 Å². The highest BCUT2D eigenvalue weighted by atomic mass is 16.7. The standard InChI is InChI=1S/C55H101NO8/c1-3-5-7-9-11-13-15-17-18-19-20-21-22-23-24-25-26-27-28-29-30-31-33-34-36-38-40-42-44-49(58)48(47-63-55-54(62)53(61)52(60)50(46-57)64-55)56-51(59)45-43-41-39-37-35-32-16-14-12-10-8-6-4-2/h8,10,14,16,34,36,42,44,48-50,52-55,57-58,60-62H,3-7,9,11-13,15,17-33,35,37-41,43,45-47H2,1-2H3,(H,56,59)/b10-8-,16-14-,36-34+,44-42+. The minimum absolute atomic E-state index is 0.202. The third-order valence-electron chi connectivity index (χ3n) is 12.6. The van der Waals surface area contributed by atoms with E-state index in [-0.39, 0.29) is 12.5 Å². The highest BCUT2D eigenvalue weighted by Crippen LogP contribution is 2.23. The number of aliphatic hydroxyl groups is 5. The van der Waals surface area contributed by atoms with Crippen molar-refractivity contribution in [2.24, 2.45) is 0 Å². The molecule has 1 amide bonds. The summed E-state index contributed by atoms with van der Waals surface area (Å²) in [5.41, 5.74) is 0. The van der Waals surface area contributed by atoms with Gasteiger partial charge in [-0.3, -0.25) is 4.79 Å². The molecule has 1 rings (SSSR count). The van der Waals surface area contributed by atoms with Crippen LogP contribution in [0.3, 0.4) is 0 Å². The lowest BCUT2D eigenvalue weighted by Crippen LogP contribution is -2.60. The fourth-order valence-corrected chi connectivity index (χ4v) is 8.33. The van der Waals surface area contributed by atoms with Crippen molar-refractivity contribution in [3.8, 4) is 0 Å². The maximum atomic E-state index is 13.0. The van der Waals surface area contributed by atoms with Crippen LogP contribution in [0.4, 0.5) is 0 Å². The van der Waals surface area contributed by atoms with E-state index in [0.29, 0.717) is 6.42 Å². The van der Waals surface area contributed by atoms with Crippen molar-refractivity contribution in [2.45, 2.75) is 281 Å². The van der Waals surface area contributed by atoms with Gasteiger partial charge in [0.05, 0.1) is 25.4 Å². The normalized spacial score (nSPS) is 20.4. The number of nitrogens with one attached hydrogen (secondary N) is 1. The number of unbranched alkanes of at least 4 members (excludes halogenated alkanes) is 29. The second kappa shape index (κ2) is 45.0. The van der Waals surface area contributed by atoms with Gasteiger partial charge in [-0.25, -0.2) is 0 Å². The molecular weight excluding hydrogens is 803 g/mol. The number of amides is 1. The average Bonchev–Trinajstić information content (AvgIpc) is 3.29. The van der Waals surface area contributed by atoms with Crippen LogP contribution < -0.4 is 5.32 Å². The number of carbonyl (C=O) groups is 1. The van der Waals surface area contributed by atoms with E-state index in [4.69, 9.17) is 9.47 Å². The summed E-state index contributed by atoms with van der Waals surface area (Å²) >= 11 is 0. The first kappa shape index (κ1) is 60.2. The van der Waals surface area contributed by atoms with E-state index in [9.17, 15) is 30.3 Å². The largest absolute Gasteiger partial charge is 0.394 e. The Morgan fingerprint density at radius 1 is 0.531 bits per heavy atom. The molecule has 0 saturated carbocycles. The van der Waals surface area contributed by atoms with Crippen LogP contribution >= 0.6 is 0 Å². The first-order valence-electron chi connectivity index (χ1n) is 26.9. The second-order valence-corrected chi connectivity index (χ2v) is 18.7. The van der Waals surface area contributed by atoms with E-state index in [1.54, 1.807) is 6.08 Å². The Morgan fingerprint density at radius 3 is 1.47 bits per heavy atom. The summed E-state index contributed by atoms with van der Waals surface area (Å²) in [6, 6.07) is -0.829. The van der Waals surface area contributed by atoms with Crippen molar-refractivity contribution in [1.82, 2.24) is 5.32 Å². The number of allylic oxidation sites excluding steroid dienone is 7.